The van der Waals surface area contributed by atoms with Gasteiger partial charge in [0.2, 0.25) is 0 Å². The summed E-state index contributed by atoms with van der Waals surface area (Å²) >= 11 is 0. The number of hydrogen-bond donors (Lipinski definition) is 1. The maximum absolute atomic E-state index is 5.75. The summed E-state index contributed by atoms with van der Waals surface area (Å²) in [6, 6.07) is 0.636. The fraction of sp³-hybridized carbons (Fsp3) is 1.00. The van der Waals surface area contributed by atoms with Gasteiger partial charge in [0.1, 0.15) is 0 Å². The van der Waals surface area contributed by atoms with Crippen molar-refractivity contribution in [2.45, 2.75) is 76.7 Å². The molecule has 2 rings (SSSR count). The highest BCUT2D eigenvalue weighted by Crippen LogP contribution is 2.19. The molecule has 0 amide bonds. The molecule has 0 spiro atoms. The van der Waals surface area contributed by atoms with Gasteiger partial charge < -0.3 is 14.8 Å². The zero-order valence-electron chi connectivity index (χ0n) is 11.3. The van der Waals surface area contributed by atoms with Crippen LogP contribution in [-0.2, 0) is 9.47 Å². The predicted molar refractivity (Wildman–Crippen MR) is 69.2 cm³/mol. The Balaban J connectivity index is 1.60. The van der Waals surface area contributed by atoms with E-state index in [1.165, 1.54) is 25.7 Å². The standard InChI is InChI=1S/C14H27NO2/c1-11-9-13(10-12(2)17-11)15-7-6-14-5-3-4-8-16-14/h11-15H,3-10H2,1-2H3. The maximum atomic E-state index is 5.75. The topological polar surface area (TPSA) is 30.5 Å². The quantitative estimate of drug-likeness (QED) is 0.820. The van der Waals surface area contributed by atoms with E-state index >= 15 is 0 Å². The van der Waals surface area contributed by atoms with Crippen molar-refractivity contribution in [3.8, 4) is 0 Å². The summed E-state index contributed by atoms with van der Waals surface area (Å²) in [4.78, 5) is 0. The highest BCUT2D eigenvalue weighted by Gasteiger charge is 2.24. The fourth-order valence-electron chi connectivity index (χ4n) is 3.06. The van der Waals surface area contributed by atoms with Gasteiger partial charge in [0.05, 0.1) is 18.3 Å². The molecule has 2 aliphatic heterocycles. The maximum Gasteiger partial charge on any atom is 0.0587 e. The van der Waals surface area contributed by atoms with Gasteiger partial charge in [-0.25, -0.2) is 0 Å². The van der Waals surface area contributed by atoms with Gasteiger partial charge in [-0.3, -0.25) is 0 Å². The highest BCUT2D eigenvalue weighted by molar-refractivity contribution is 4.79. The Labute approximate surface area is 105 Å². The van der Waals surface area contributed by atoms with Crippen LogP contribution in [0, 0.1) is 0 Å². The van der Waals surface area contributed by atoms with Gasteiger partial charge in [0, 0.05) is 12.6 Å². The van der Waals surface area contributed by atoms with Crippen molar-refractivity contribution in [2.75, 3.05) is 13.2 Å². The lowest BCUT2D eigenvalue weighted by Gasteiger charge is -2.33. The van der Waals surface area contributed by atoms with Crippen molar-refractivity contribution >= 4 is 0 Å². The average molecular weight is 241 g/mol. The van der Waals surface area contributed by atoms with E-state index in [2.05, 4.69) is 19.2 Å². The summed E-state index contributed by atoms with van der Waals surface area (Å²) in [6.07, 6.45) is 8.62. The van der Waals surface area contributed by atoms with E-state index in [1.807, 2.05) is 0 Å². The molecule has 0 aliphatic carbocycles. The highest BCUT2D eigenvalue weighted by atomic mass is 16.5. The van der Waals surface area contributed by atoms with Gasteiger partial charge in [-0.2, -0.15) is 0 Å². The molecule has 0 aromatic rings. The van der Waals surface area contributed by atoms with Crippen molar-refractivity contribution in [3.63, 3.8) is 0 Å². The first-order valence-corrected chi connectivity index (χ1v) is 7.24. The van der Waals surface area contributed by atoms with Crippen molar-refractivity contribution in [2.24, 2.45) is 0 Å². The molecule has 3 atom stereocenters. The molecule has 100 valence electrons. The van der Waals surface area contributed by atoms with Crippen LogP contribution < -0.4 is 5.32 Å². The fourth-order valence-corrected chi connectivity index (χ4v) is 3.06. The first-order chi connectivity index (χ1) is 8.24. The third kappa shape index (κ3) is 4.57. The number of hydrogen-bond acceptors (Lipinski definition) is 3. The summed E-state index contributed by atoms with van der Waals surface area (Å²) in [7, 11) is 0. The predicted octanol–water partition coefficient (Wildman–Crippen LogP) is 2.49. The van der Waals surface area contributed by atoms with Crippen LogP contribution in [0.4, 0.5) is 0 Å². The third-order valence-electron chi connectivity index (χ3n) is 3.87. The van der Waals surface area contributed by atoms with E-state index in [1.54, 1.807) is 0 Å². The molecule has 17 heavy (non-hydrogen) atoms. The Morgan fingerprint density at radius 1 is 1.12 bits per heavy atom. The second-order valence-electron chi connectivity index (χ2n) is 5.66. The third-order valence-corrected chi connectivity index (χ3v) is 3.87. The van der Waals surface area contributed by atoms with Gasteiger partial charge >= 0.3 is 0 Å². The molecule has 3 nitrogen and oxygen atoms in total. The lowest BCUT2D eigenvalue weighted by atomic mass is 9.99. The van der Waals surface area contributed by atoms with Gasteiger partial charge in [-0.15, -0.1) is 0 Å². The van der Waals surface area contributed by atoms with Crippen LogP contribution >= 0.6 is 0 Å². The van der Waals surface area contributed by atoms with E-state index in [0.717, 1.165) is 26.0 Å². The molecule has 0 saturated carbocycles. The van der Waals surface area contributed by atoms with Crippen LogP contribution in [0.2, 0.25) is 0 Å². The molecule has 2 aliphatic rings. The van der Waals surface area contributed by atoms with Crippen LogP contribution in [0.25, 0.3) is 0 Å². The van der Waals surface area contributed by atoms with Crippen molar-refractivity contribution in [1.82, 2.24) is 5.32 Å². The van der Waals surface area contributed by atoms with Crippen LogP contribution in [0.3, 0.4) is 0 Å². The van der Waals surface area contributed by atoms with E-state index in [4.69, 9.17) is 9.47 Å². The molecule has 2 fully saturated rings. The first kappa shape index (κ1) is 13.3. The van der Waals surface area contributed by atoms with Gasteiger partial charge in [0.15, 0.2) is 0 Å². The Morgan fingerprint density at radius 2 is 1.88 bits per heavy atom. The molecule has 3 unspecified atom stereocenters. The minimum absolute atomic E-state index is 0.405. The Morgan fingerprint density at radius 3 is 2.53 bits per heavy atom. The average Bonchev–Trinajstić information content (AvgIpc) is 2.29. The molecule has 0 radical (unpaired) electrons. The normalized spacial score (nSPS) is 39.2. The molecule has 0 bridgehead atoms. The Kier molecular flexibility index (Phi) is 5.26. The zero-order valence-corrected chi connectivity index (χ0v) is 11.3. The lowest BCUT2D eigenvalue weighted by Crippen LogP contribution is -2.42. The Hall–Kier alpha value is -0.120. The largest absolute Gasteiger partial charge is 0.378 e. The molecule has 0 aromatic heterocycles. The Bertz CT molecular complexity index is 206. The smallest absolute Gasteiger partial charge is 0.0587 e. The lowest BCUT2D eigenvalue weighted by molar-refractivity contribution is -0.0430. The molecular formula is C14H27NO2. The van der Waals surface area contributed by atoms with Crippen molar-refractivity contribution < 1.29 is 9.47 Å². The van der Waals surface area contributed by atoms with Crippen LogP contribution in [0.1, 0.15) is 52.4 Å². The summed E-state index contributed by atoms with van der Waals surface area (Å²) in [5, 5.41) is 3.67. The van der Waals surface area contributed by atoms with E-state index in [-0.39, 0.29) is 0 Å². The monoisotopic (exact) mass is 241 g/mol. The summed E-state index contributed by atoms with van der Waals surface area (Å²) in [5.74, 6) is 0. The summed E-state index contributed by atoms with van der Waals surface area (Å²) in [5.41, 5.74) is 0. The second kappa shape index (κ2) is 6.72. The number of nitrogens with one attached hydrogen (secondary N) is 1. The van der Waals surface area contributed by atoms with Gasteiger partial charge in [0.25, 0.3) is 0 Å². The molecule has 2 heterocycles. The minimum atomic E-state index is 0.405. The van der Waals surface area contributed by atoms with Crippen LogP contribution in [-0.4, -0.2) is 37.5 Å². The number of ether oxygens (including phenoxy) is 2. The molecule has 0 aromatic carbocycles. The summed E-state index contributed by atoms with van der Waals surface area (Å²) in [6.45, 7) is 6.41. The van der Waals surface area contributed by atoms with Gasteiger partial charge in [-0.05, 0) is 58.9 Å². The van der Waals surface area contributed by atoms with E-state index < -0.39 is 0 Å². The SMILES string of the molecule is CC1CC(NCCC2CCCCO2)CC(C)O1. The molecular weight excluding hydrogens is 214 g/mol. The van der Waals surface area contributed by atoms with E-state index in [9.17, 15) is 0 Å². The van der Waals surface area contributed by atoms with Crippen LogP contribution in [0.15, 0.2) is 0 Å². The molecule has 1 N–H and O–H groups in total. The van der Waals surface area contributed by atoms with Crippen molar-refractivity contribution in [3.05, 3.63) is 0 Å². The molecule has 3 heteroatoms. The first-order valence-electron chi connectivity index (χ1n) is 7.24. The second-order valence-corrected chi connectivity index (χ2v) is 5.66. The minimum Gasteiger partial charge on any atom is -0.378 e. The zero-order chi connectivity index (χ0) is 12.1. The van der Waals surface area contributed by atoms with Crippen molar-refractivity contribution in [1.29, 1.82) is 0 Å². The van der Waals surface area contributed by atoms with Crippen LogP contribution in [0.5, 0.6) is 0 Å². The van der Waals surface area contributed by atoms with Gasteiger partial charge in [-0.1, -0.05) is 0 Å². The van der Waals surface area contributed by atoms with E-state index in [0.29, 0.717) is 24.4 Å². The molecule has 2 saturated heterocycles. The number of rotatable bonds is 4. The summed E-state index contributed by atoms with van der Waals surface area (Å²) < 4.78 is 11.5.